The first-order chi connectivity index (χ1) is 40.1. The second-order valence-electron chi connectivity index (χ2n) is 22.4. The summed E-state index contributed by atoms with van der Waals surface area (Å²) in [7, 11) is 4.70. The quantitative estimate of drug-likeness (QED) is 0.0112. The smallest absolute Gasteiger partial charge is 0.352 e. The average molecular weight is 1290 g/mol. The van der Waals surface area contributed by atoms with E-state index in [4.69, 9.17) is 11.5 Å². The number of fused-ring (bicyclic) bond motifs is 1. The van der Waals surface area contributed by atoms with Gasteiger partial charge in [0.2, 0.25) is 41.4 Å². The fraction of sp³-hybridized carbons (Fsp3) is 0.421. The van der Waals surface area contributed by atoms with Crippen molar-refractivity contribution in [2.75, 3.05) is 59.1 Å². The van der Waals surface area contributed by atoms with E-state index >= 15 is 0 Å². The summed E-state index contributed by atoms with van der Waals surface area (Å²) >= 11 is 1.93. The van der Waals surface area contributed by atoms with Gasteiger partial charge in [-0.2, -0.15) is 0 Å². The van der Waals surface area contributed by atoms with Gasteiger partial charge in [0, 0.05) is 50.7 Å². The first-order valence-corrected chi connectivity index (χ1v) is 28.9. The van der Waals surface area contributed by atoms with Gasteiger partial charge in [0.15, 0.2) is 5.96 Å². The van der Waals surface area contributed by atoms with Crippen molar-refractivity contribution < 1.29 is 56.6 Å². The monoisotopic (exact) mass is 1290 g/mol. The third-order valence-corrected chi connectivity index (χ3v) is 14.9. The van der Waals surface area contributed by atoms with Gasteiger partial charge in [-0.15, -0.1) is 11.9 Å². The number of phenolic OH excluding ortho intramolecular Hbond substituents is 1. The zero-order chi connectivity index (χ0) is 62.2. The molecule has 456 valence electrons. The van der Waals surface area contributed by atoms with Gasteiger partial charge in [-0.3, -0.25) is 43.3 Å². The lowest BCUT2D eigenvalue weighted by Gasteiger charge is -2.35. The fourth-order valence-electron chi connectivity index (χ4n) is 10.1. The Labute approximate surface area is 505 Å². The third-order valence-electron chi connectivity index (χ3n) is 14.0. The molecule has 0 radical (unpaired) electrons. The van der Waals surface area contributed by atoms with Crippen molar-refractivity contribution in [3.05, 3.63) is 117 Å². The van der Waals surface area contributed by atoms with Gasteiger partial charge in [-0.05, 0) is 112 Å². The second-order valence-corrected chi connectivity index (χ2v) is 23.5. The Morgan fingerprint density at radius 3 is 2.20 bits per heavy atom. The largest absolute Gasteiger partial charge is 0.507 e. The number of nitrogens with zero attached hydrogens (tertiary/aromatic N) is 6. The third kappa shape index (κ3) is 20.2. The molecule has 1 aromatic heterocycles. The van der Waals surface area contributed by atoms with E-state index in [1.807, 2.05) is 65.1 Å². The van der Waals surface area contributed by atoms with Crippen LogP contribution in [0, 0.1) is 9.49 Å². The van der Waals surface area contributed by atoms with Crippen LogP contribution in [0.2, 0.25) is 6.82 Å². The van der Waals surface area contributed by atoms with Crippen molar-refractivity contribution in [2.24, 2.45) is 22.4 Å². The number of carbonyl (C=O) groups is 8. The number of aliphatic imine (C=N–C) groups is 1. The zero-order valence-corrected chi connectivity index (χ0v) is 50.5. The highest BCUT2D eigenvalue weighted by Crippen LogP contribution is 2.24. The number of nitrogens with one attached hydrogen (secondary N) is 7. The molecule has 1 aliphatic heterocycles. The minimum Gasteiger partial charge on any atom is -0.507 e. The van der Waals surface area contributed by atoms with Crippen LogP contribution in [0.3, 0.4) is 0 Å². The lowest BCUT2D eigenvalue weighted by molar-refractivity contribution is -0.895. The van der Waals surface area contributed by atoms with Crippen LogP contribution >= 0.6 is 22.6 Å². The maximum atomic E-state index is 14.7. The Bertz CT molecular complexity index is 3250. The molecule has 24 nitrogen and oxygen atoms in total. The van der Waals surface area contributed by atoms with E-state index in [0.29, 0.717) is 26.1 Å². The summed E-state index contributed by atoms with van der Waals surface area (Å²) in [5.74, 6) is -5.66. The number of hydrogen-bond acceptors (Lipinski definition) is 12. The number of quaternary nitrogens is 1. The summed E-state index contributed by atoms with van der Waals surface area (Å²) in [6.45, 7) is 0.206. The standard InChI is InChI=1S/C57H75BF2IN15O9/c1-34(2)50(75-31-41(72-73-75)32-76(5,6)33-58(3,59)60)55(84)67-29-48(78)68-40-20-18-38(19-21-40)51(80)64-23-10-14-46-54(83)70-43(13-9-24-65-57(62)63)53(82)71-44(27-35-15-17-37-11-7-8-12-39(37)25-35)52(81)66-30-49(79)69-45(56(85)74(46)4)28-36-16-22-47(77)42(61)26-36/h7-8,11-12,15-22,25-26,31,34,43-46,50,77H,9-10,13-14,23-24,27-30,32-33H2,1-6H3,(H,64,80)(H,66,81)(H,67,84)(H,68,78)(H,69,79)(H,70,83)(H,71,82)(H4,62,63,65)/t43-,44-,45+,46+,50+/m0/s1. The van der Waals surface area contributed by atoms with Crippen LogP contribution in [0.1, 0.15) is 72.8 Å². The molecule has 0 unspecified atom stereocenters. The average Bonchev–Trinajstić information content (AvgIpc) is 4.18. The van der Waals surface area contributed by atoms with Crippen LogP contribution < -0.4 is 48.7 Å². The van der Waals surface area contributed by atoms with Crippen LogP contribution in [0.25, 0.3) is 10.8 Å². The van der Waals surface area contributed by atoms with Crippen molar-refractivity contribution in [3.63, 3.8) is 0 Å². The SMILES string of the molecule is CC(C)[C@H](C(=O)NCC(=O)Nc1ccc(C(=O)NCCC[C@@H]2C(=O)N[C@@H](CCCN=C(N)N)C(=O)N[C@@H](Cc3ccc4ccccc4c3)C(=O)NCC(=O)N[C@H](Cc3ccc(O)c(I)c3)C(=O)N2C)cc1)n1cc(C[N+](C)(C)C[B-](C)(F)F)nn1. The maximum absolute atomic E-state index is 14.7. The van der Waals surface area contributed by atoms with Crippen LogP contribution in [0.15, 0.2) is 96.1 Å². The molecule has 1 fully saturated rings. The van der Waals surface area contributed by atoms with Crippen molar-refractivity contribution in [2.45, 2.75) is 95.9 Å². The molecule has 0 spiro atoms. The van der Waals surface area contributed by atoms with Gasteiger partial charge in [0.25, 0.3) is 5.91 Å². The molecule has 0 saturated carbocycles. The van der Waals surface area contributed by atoms with E-state index in [1.54, 1.807) is 46.3 Å². The Kier molecular flexibility index (Phi) is 23.2. The van der Waals surface area contributed by atoms with E-state index < -0.39 is 97.3 Å². The van der Waals surface area contributed by atoms with E-state index in [-0.39, 0.29) is 92.3 Å². The first-order valence-electron chi connectivity index (χ1n) is 27.9. The predicted molar refractivity (Wildman–Crippen MR) is 326 cm³/mol. The summed E-state index contributed by atoms with van der Waals surface area (Å²) < 4.78 is 29.5. The highest BCUT2D eigenvalue weighted by molar-refractivity contribution is 14.1. The number of amides is 8. The molecular formula is C57H75BF2IN15O9. The Morgan fingerprint density at radius 1 is 0.847 bits per heavy atom. The van der Waals surface area contributed by atoms with Crippen LogP contribution in [-0.2, 0) is 52.9 Å². The molecule has 1 saturated heterocycles. The zero-order valence-electron chi connectivity index (χ0n) is 48.4. The minimum atomic E-state index is -3.56. The van der Waals surface area contributed by atoms with E-state index in [0.717, 1.165) is 17.6 Å². The molecule has 8 amide bonds. The number of nitrogens with two attached hydrogens (primary N) is 2. The van der Waals surface area contributed by atoms with Crippen LogP contribution in [0.5, 0.6) is 5.75 Å². The number of aromatic hydroxyl groups is 1. The molecule has 2 heterocycles. The number of phenols is 1. The molecule has 6 rings (SSSR count). The number of guanidine groups is 1. The van der Waals surface area contributed by atoms with Gasteiger partial charge in [-0.25, -0.2) is 4.68 Å². The van der Waals surface area contributed by atoms with Gasteiger partial charge < -0.3 is 71.8 Å². The normalized spacial score (nSPS) is 17.8. The molecule has 5 atom stereocenters. The Balaban J connectivity index is 1.14. The van der Waals surface area contributed by atoms with Gasteiger partial charge in [-0.1, -0.05) is 67.6 Å². The highest BCUT2D eigenvalue weighted by atomic mass is 127. The Hall–Kier alpha value is -8.28. The number of aromatic nitrogens is 3. The summed E-state index contributed by atoms with van der Waals surface area (Å²) in [6.07, 6.45) is 1.37. The van der Waals surface area contributed by atoms with Gasteiger partial charge in [0.05, 0.1) is 37.0 Å². The number of halogens is 3. The molecule has 0 bridgehead atoms. The molecule has 4 aromatic carbocycles. The molecule has 5 aromatic rings. The van der Waals surface area contributed by atoms with Crippen LogP contribution in [0.4, 0.5) is 14.3 Å². The number of hydrogen-bond donors (Lipinski definition) is 10. The van der Waals surface area contributed by atoms with Crippen LogP contribution in [-0.4, -0.2) is 167 Å². The number of anilines is 1. The van der Waals surface area contributed by atoms with Crippen molar-refractivity contribution in [1.82, 2.24) is 51.8 Å². The van der Waals surface area contributed by atoms with Crippen molar-refractivity contribution in [3.8, 4) is 5.75 Å². The van der Waals surface area contributed by atoms with Gasteiger partial charge >= 0.3 is 6.70 Å². The number of likely N-dealkylation sites (N-methyl/N-ethyl adjacent to an activating group) is 1. The second kappa shape index (κ2) is 30.0. The lowest BCUT2D eigenvalue weighted by atomic mass is 9.67. The molecule has 85 heavy (non-hydrogen) atoms. The summed E-state index contributed by atoms with van der Waals surface area (Å²) in [6, 6.07) is 17.9. The van der Waals surface area contributed by atoms with E-state index in [9.17, 15) is 52.1 Å². The summed E-state index contributed by atoms with van der Waals surface area (Å²) in [4.78, 5) is 116. The highest BCUT2D eigenvalue weighted by Gasteiger charge is 2.36. The fourth-order valence-corrected chi connectivity index (χ4v) is 10.7. The van der Waals surface area contributed by atoms with Crippen molar-refractivity contribution >= 4 is 99.0 Å². The van der Waals surface area contributed by atoms with E-state index in [1.165, 1.54) is 47.0 Å². The molecule has 1 aliphatic rings. The molecule has 28 heteroatoms. The summed E-state index contributed by atoms with van der Waals surface area (Å²) in [5, 5.41) is 39.3. The molecule has 12 N–H and O–H groups in total. The van der Waals surface area contributed by atoms with Gasteiger partial charge in [0.1, 0.15) is 48.2 Å². The summed E-state index contributed by atoms with van der Waals surface area (Å²) in [5.41, 5.74) is 13.4. The van der Waals surface area contributed by atoms with Crippen molar-refractivity contribution in [1.29, 1.82) is 0 Å². The molecular weight excluding hydrogens is 1210 g/mol. The number of carbonyl (C=O) groups excluding carboxylic acids is 8. The Morgan fingerprint density at radius 2 is 1.52 bits per heavy atom. The first kappa shape index (κ1) is 65.9. The lowest BCUT2D eigenvalue weighted by Crippen LogP contribution is -2.58. The number of benzene rings is 4. The topological polar surface area (TPSA) is 339 Å². The minimum absolute atomic E-state index is 0.000368. The predicted octanol–water partition coefficient (Wildman–Crippen LogP) is 2.28. The van der Waals surface area contributed by atoms with E-state index in [2.05, 4.69) is 52.5 Å². The maximum Gasteiger partial charge on any atom is 0.352 e. The number of rotatable bonds is 23. The molecule has 0 aliphatic carbocycles.